The van der Waals surface area contributed by atoms with Crippen molar-refractivity contribution in [2.75, 3.05) is 33.0 Å². The van der Waals surface area contributed by atoms with Gasteiger partial charge in [0.1, 0.15) is 0 Å². The molecule has 1 aliphatic rings. The van der Waals surface area contributed by atoms with Gasteiger partial charge in [0.2, 0.25) is 0 Å². The Hall–Kier alpha value is -0.530. The van der Waals surface area contributed by atoms with Crippen LogP contribution < -0.4 is 5.32 Å². The SMILES string of the molecule is Cc1ncsc1CCOCC(O)CNC1CCOC1. The number of ether oxygens (including phenoxy) is 2. The Bertz CT molecular complexity index is 367. The Morgan fingerprint density at radius 1 is 1.68 bits per heavy atom. The van der Waals surface area contributed by atoms with Crippen LogP contribution in [0.5, 0.6) is 0 Å². The molecule has 1 aromatic heterocycles. The van der Waals surface area contributed by atoms with Gasteiger partial charge in [-0.3, -0.25) is 0 Å². The first-order valence-electron chi connectivity index (χ1n) is 6.71. The quantitative estimate of drug-likeness (QED) is 0.691. The first-order chi connectivity index (χ1) is 9.25. The van der Waals surface area contributed by atoms with Crippen molar-refractivity contribution < 1.29 is 14.6 Å². The molecular formula is C13H22N2O3S. The number of hydrogen-bond acceptors (Lipinski definition) is 6. The van der Waals surface area contributed by atoms with Crippen LogP contribution in [0.4, 0.5) is 0 Å². The minimum Gasteiger partial charge on any atom is -0.389 e. The van der Waals surface area contributed by atoms with Gasteiger partial charge in [0.05, 0.1) is 37.1 Å². The van der Waals surface area contributed by atoms with E-state index in [9.17, 15) is 5.11 Å². The Morgan fingerprint density at radius 2 is 2.58 bits per heavy atom. The summed E-state index contributed by atoms with van der Waals surface area (Å²) in [5.41, 5.74) is 2.93. The van der Waals surface area contributed by atoms with E-state index in [2.05, 4.69) is 10.3 Å². The van der Waals surface area contributed by atoms with Crippen molar-refractivity contribution in [3.05, 3.63) is 16.1 Å². The molecule has 1 aromatic rings. The molecule has 2 N–H and O–H groups in total. The summed E-state index contributed by atoms with van der Waals surface area (Å²) in [5.74, 6) is 0. The molecule has 108 valence electrons. The van der Waals surface area contributed by atoms with Crippen LogP contribution in [0.1, 0.15) is 17.0 Å². The molecule has 19 heavy (non-hydrogen) atoms. The second-order valence-electron chi connectivity index (χ2n) is 4.81. The summed E-state index contributed by atoms with van der Waals surface area (Å²) in [4.78, 5) is 5.46. The summed E-state index contributed by atoms with van der Waals surface area (Å²) in [5, 5.41) is 13.1. The molecule has 0 bridgehead atoms. The molecule has 2 unspecified atom stereocenters. The van der Waals surface area contributed by atoms with Crippen molar-refractivity contribution in [3.8, 4) is 0 Å². The number of rotatable bonds is 8. The highest BCUT2D eigenvalue weighted by atomic mass is 32.1. The molecule has 0 radical (unpaired) electrons. The van der Waals surface area contributed by atoms with Gasteiger partial charge in [-0.2, -0.15) is 0 Å². The number of thiazole rings is 1. The van der Waals surface area contributed by atoms with Crippen molar-refractivity contribution in [1.29, 1.82) is 0 Å². The van der Waals surface area contributed by atoms with Crippen molar-refractivity contribution >= 4 is 11.3 Å². The van der Waals surface area contributed by atoms with E-state index in [1.165, 1.54) is 4.88 Å². The van der Waals surface area contributed by atoms with E-state index in [0.717, 1.165) is 31.7 Å². The summed E-state index contributed by atoms with van der Waals surface area (Å²) >= 11 is 1.66. The second-order valence-corrected chi connectivity index (χ2v) is 5.75. The minimum atomic E-state index is -0.455. The Kier molecular flexibility index (Phi) is 6.19. The lowest BCUT2D eigenvalue weighted by Crippen LogP contribution is -2.37. The number of aromatic nitrogens is 1. The van der Waals surface area contributed by atoms with E-state index in [0.29, 0.717) is 25.8 Å². The van der Waals surface area contributed by atoms with Gasteiger partial charge in [0, 0.05) is 30.5 Å². The minimum absolute atomic E-state index is 0.373. The fraction of sp³-hybridized carbons (Fsp3) is 0.769. The zero-order valence-electron chi connectivity index (χ0n) is 11.3. The zero-order chi connectivity index (χ0) is 13.5. The first-order valence-corrected chi connectivity index (χ1v) is 7.59. The largest absolute Gasteiger partial charge is 0.389 e. The monoisotopic (exact) mass is 286 g/mol. The Morgan fingerprint density at radius 3 is 3.26 bits per heavy atom. The van der Waals surface area contributed by atoms with Gasteiger partial charge in [0.25, 0.3) is 0 Å². The molecule has 1 saturated heterocycles. The van der Waals surface area contributed by atoms with E-state index in [1.807, 2.05) is 12.4 Å². The maximum atomic E-state index is 9.78. The molecule has 2 rings (SSSR count). The number of hydrogen-bond donors (Lipinski definition) is 2. The van der Waals surface area contributed by atoms with Crippen molar-refractivity contribution in [2.45, 2.75) is 31.9 Å². The highest BCUT2D eigenvalue weighted by Crippen LogP contribution is 2.12. The first kappa shape index (κ1) is 14.9. The fourth-order valence-electron chi connectivity index (χ4n) is 2.01. The van der Waals surface area contributed by atoms with E-state index in [-0.39, 0.29) is 0 Å². The van der Waals surface area contributed by atoms with Crippen LogP contribution in [0, 0.1) is 6.92 Å². The molecule has 5 nitrogen and oxygen atoms in total. The van der Waals surface area contributed by atoms with Gasteiger partial charge in [0.15, 0.2) is 0 Å². The van der Waals surface area contributed by atoms with Crippen LogP contribution >= 0.6 is 11.3 Å². The molecule has 2 heterocycles. The van der Waals surface area contributed by atoms with Gasteiger partial charge in [-0.25, -0.2) is 4.98 Å². The predicted octanol–water partition coefficient (Wildman–Crippen LogP) is 0.750. The van der Waals surface area contributed by atoms with E-state index in [4.69, 9.17) is 9.47 Å². The third-order valence-electron chi connectivity index (χ3n) is 3.20. The summed E-state index contributed by atoms with van der Waals surface area (Å²) in [6.07, 6.45) is 1.44. The normalized spacial score (nSPS) is 20.8. The van der Waals surface area contributed by atoms with Crippen molar-refractivity contribution in [3.63, 3.8) is 0 Å². The molecule has 1 aliphatic heterocycles. The summed E-state index contributed by atoms with van der Waals surface area (Å²) in [6.45, 7) is 5.14. The lowest BCUT2D eigenvalue weighted by Gasteiger charge is -2.15. The summed E-state index contributed by atoms with van der Waals surface area (Å²) < 4.78 is 10.8. The Labute approximate surface area is 118 Å². The van der Waals surface area contributed by atoms with Crippen molar-refractivity contribution in [1.82, 2.24) is 10.3 Å². The highest BCUT2D eigenvalue weighted by molar-refractivity contribution is 7.09. The van der Waals surface area contributed by atoms with Gasteiger partial charge in [-0.15, -0.1) is 11.3 Å². The fourth-order valence-corrected chi connectivity index (χ4v) is 2.77. The topological polar surface area (TPSA) is 63.6 Å². The van der Waals surface area contributed by atoms with E-state index in [1.54, 1.807) is 11.3 Å². The average molecular weight is 286 g/mol. The van der Waals surface area contributed by atoms with E-state index >= 15 is 0 Å². The molecule has 0 saturated carbocycles. The molecule has 0 aromatic carbocycles. The summed E-state index contributed by atoms with van der Waals surface area (Å²) in [6, 6.07) is 0.384. The zero-order valence-corrected chi connectivity index (χ0v) is 12.1. The van der Waals surface area contributed by atoms with E-state index < -0.39 is 6.10 Å². The molecule has 0 aliphatic carbocycles. The number of aliphatic hydroxyl groups excluding tert-OH is 1. The number of aryl methyl sites for hydroxylation is 1. The number of aliphatic hydroxyl groups is 1. The lowest BCUT2D eigenvalue weighted by atomic mass is 10.2. The maximum absolute atomic E-state index is 9.78. The van der Waals surface area contributed by atoms with Crippen LogP contribution in [0.25, 0.3) is 0 Å². The Balaban J connectivity index is 1.51. The maximum Gasteiger partial charge on any atom is 0.0897 e. The molecule has 0 spiro atoms. The van der Waals surface area contributed by atoms with Crippen LogP contribution in [0.2, 0.25) is 0 Å². The summed E-state index contributed by atoms with van der Waals surface area (Å²) in [7, 11) is 0. The second kappa shape index (κ2) is 7.91. The molecule has 0 amide bonds. The molecule has 1 fully saturated rings. The van der Waals surface area contributed by atoms with Gasteiger partial charge in [-0.05, 0) is 13.3 Å². The van der Waals surface area contributed by atoms with Crippen molar-refractivity contribution in [2.24, 2.45) is 0 Å². The van der Waals surface area contributed by atoms with Gasteiger partial charge in [-0.1, -0.05) is 0 Å². The van der Waals surface area contributed by atoms with Crippen LogP contribution in [-0.4, -0.2) is 55.2 Å². The highest BCUT2D eigenvalue weighted by Gasteiger charge is 2.16. The number of nitrogens with zero attached hydrogens (tertiary/aromatic N) is 1. The number of nitrogens with one attached hydrogen (secondary N) is 1. The van der Waals surface area contributed by atoms with Crippen LogP contribution in [0.15, 0.2) is 5.51 Å². The third-order valence-corrected chi connectivity index (χ3v) is 4.20. The lowest BCUT2D eigenvalue weighted by molar-refractivity contribution is 0.0369. The third kappa shape index (κ3) is 5.16. The van der Waals surface area contributed by atoms with Crippen LogP contribution in [0.3, 0.4) is 0 Å². The van der Waals surface area contributed by atoms with Gasteiger partial charge < -0.3 is 19.9 Å². The molecule has 2 atom stereocenters. The van der Waals surface area contributed by atoms with Crippen LogP contribution in [-0.2, 0) is 15.9 Å². The average Bonchev–Trinajstić information content (AvgIpc) is 3.04. The predicted molar refractivity (Wildman–Crippen MR) is 74.6 cm³/mol. The molecular weight excluding hydrogens is 264 g/mol. The van der Waals surface area contributed by atoms with Gasteiger partial charge >= 0.3 is 0 Å². The standard InChI is InChI=1S/C13H22N2O3S/c1-10-13(19-9-15-10)3-5-18-8-12(16)6-14-11-2-4-17-7-11/h9,11-12,14,16H,2-8H2,1H3. The molecule has 6 heteroatoms. The smallest absolute Gasteiger partial charge is 0.0897 e.